The van der Waals surface area contributed by atoms with Crippen molar-refractivity contribution in [3.63, 3.8) is 0 Å². The average Bonchev–Trinajstić information content (AvgIpc) is 2.61. The van der Waals surface area contributed by atoms with Crippen LogP contribution in [0.15, 0.2) is 10.5 Å². The lowest BCUT2D eigenvalue weighted by Crippen LogP contribution is -2.22. The van der Waals surface area contributed by atoms with Gasteiger partial charge in [-0.3, -0.25) is 0 Å². The van der Waals surface area contributed by atoms with Crippen molar-refractivity contribution in [1.82, 2.24) is 0 Å². The molecule has 0 fully saturated rings. The summed E-state index contributed by atoms with van der Waals surface area (Å²) in [6.07, 6.45) is 2.55. The van der Waals surface area contributed by atoms with Crippen molar-refractivity contribution in [3.05, 3.63) is 10.5 Å². The number of hydrogen-bond donors (Lipinski definition) is 0. The molecule has 1 heteroatoms. The van der Waals surface area contributed by atoms with Crippen LogP contribution in [0.25, 0.3) is 0 Å². The third-order valence-electron chi connectivity index (χ3n) is 3.87. The van der Waals surface area contributed by atoms with Crippen molar-refractivity contribution in [2.45, 2.75) is 61.3 Å². The second-order valence-corrected chi connectivity index (χ2v) is 7.68. The highest BCUT2D eigenvalue weighted by Crippen LogP contribution is 2.53. The molecule has 1 atom stereocenters. The van der Waals surface area contributed by atoms with Crippen LogP contribution in [-0.2, 0) is 0 Å². The first-order chi connectivity index (χ1) is 7.24. The van der Waals surface area contributed by atoms with Crippen molar-refractivity contribution in [2.24, 2.45) is 16.7 Å². The molecule has 0 radical (unpaired) electrons. The highest BCUT2D eigenvalue weighted by atomic mass is 32.2. The van der Waals surface area contributed by atoms with E-state index in [0.29, 0.717) is 10.8 Å². The second-order valence-electron chi connectivity index (χ2n) is 6.65. The van der Waals surface area contributed by atoms with E-state index in [-0.39, 0.29) is 0 Å². The molecule has 0 spiro atoms. The number of thioether (sulfide) groups is 1. The maximum atomic E-state index is 2.42. The molecule has 0 amide bonds. The molecule has 1 rings (SSSR count). The van der Waals surface area contributed by atoms with Gasteiger partial charge in [0.2, 0.25) is 0 Å². The van der Waals surface area contributed by atoms with Crippen molar-refractivity contribution in [2.75, 3.05) is 5.75 Å². The van der Waals surface area contributed by atoms with Crippen LogP contribution in [0.4, 0.5) is 0 Å². The molecule has 0 nitrogen and oxygen atoms in total. The van der Waals surface area contributed by atoms with E-state index in [9.17, 15) is 0 Å². The van der Waals surface area contributed by atoms with E-state index in [2.05, 4.69) is 60.2 Å². The first kappa shape index (κ1) is 14.2. The minimum atomic E-state index is 0.330. The van der Waals surface area contributed by atoms with Crippen LogP contribution in [0.3, 0.4) is 0 Å². The lowest BCUT2D eigenvalue weighted by Gasteiger charge is -2.33. The van der Waals surface area contributed by atoms with E-state index >= 15 is 0 Å². The Labute approximate surface area is 106 Å². The summed E-state index contributed by atoms with van der Waals surface area (Å²) in [6.45, 7) is 16.6. The van der Waals surface area contributed by atoms with E-state index in [1.807, 2.05) is 0 Å². The summed E-state index contributed by atoms with van der Waals surface area (Å²) in [6, 6.07) is 0. The van der Waals surface area contributed by atoms with Gasteiger partial charge < -0.3 is 0 Å². The molecular formula is C15H28S. The first-order valence-corrected chi connectivity index (χ1v) is 7.60. The summed E-state index contributed by atoms with van der Waals surface area (Å²) in [5.41, 5.74) is 2.47. The third-order valence-corrected chi connectivity index (χ3v) is 5.56. The standard InChI is InChI=1S/C15H28S/c1-8-11-10-16-13(14(3,4)5)12(11)15(6,7)9-2/h11H,8-10H2,1-7H3. The van der Waals surface area contributed by atoms with Crippen LogP contribution < -0.4 is 0 Å². The fourth-order valence-electron chi connectivity index (χ4n) is 2.52. The predicted molar refractivity (Wildman–Crippen MR) is 76.8 cm³/mol. The molecule has 0 aliphatic carbocycles. The highest BCUT2D eigenvalue weighted by Gasteiger charge is 2.38. The van der Waals surface area contributed by atoms with Gasteiger partial charge in [0.1, 0.15) is 0 Å². The molecule has 1 aliphatic heterocycles. The zero-order valence-electron chi connectivity index (χ0n) is 12.1. The molecule has 1 unspecified atom stereocenters. The van der Waals surface area contributed by atoms with Gasteiger partial charge in [-0.1, -0.05) is 54.0 Å². The van der Waals surface area contributed by atoms with Crippen molar-refractivity contribution in [1.29, 1.82) is 0 Å². The molecule has 0 N–H and O–H groups in total. The zero-order valence-corrected chi connectivity index (χ0v) is 12.9. The minimum absolute atomic E-state index is 0.330. The molecule has 94 valence electrons. The van der Waals surface area contributed by atoms with Gasteiger partial charge in [0.05, 0.1) is 0 Å². The first-order valence-electron chi connectivity index (χ1n) is 6.62. The van der Waals surface area contributed by atoms with Crippen LogP contribution in [0.2, 0.25) is 0 Å². The molecule has 1 heterocycles. The fraction of sp³-hybridized carbons (Fsp3) is 0.867. The molecule has 0 saturated heterocycles. The Hall–Kier alpha value is 0.0900. The van der Waals surface area contributed by atoms with Crippen LogP contribution in [0.5, 0.6) is 0 Å². The second kappa shape index (κ2) is 4.76. The largest absolute Gasteiger partial charge is 0.129 e. The van der Waals surface area contributed by atoms with Crippen LogP contribution >= 0.6 is 11.8 Å². The Kier molecular flexibility index (Phi) is 4.21. The van der Waals surface area contributed by atoms with E-state index < -0.39 is 0 Å². The zero-order chi connectivity index (χ0) is 12.6. The molecule has 0 aromatic carbocycles. The summed E-state index contributed by atoms with van der Waals surface area (Å²) >= 11 is 2.11. The lowest BCUT2D eigenvalue weighted by atomic mass is 9.72. The van der Waals surface area contributed by atoms with Gasteiger partial charge >= 0.3 is 0 Å². The highest BCUT2D eigenvalue weighted by molar-refractivity contribution is 8.03. The number of hydrogen-bond acceptors (Lipinski definition) is 1. The maximum absolute atomic E-state index is 2.42. The average molecular weight is 240 g/mol. The van der Waals surface area contributed by atoms with Crippen molar-refractivity contribution in [3.8, 4) is 0 Å². The Bertz CT molecular complexity index is 278. The van der Waals surface area contributed by atoms with Gasteiger partial charge in [-0.15, -0.1) is 11.8 Å². The van der Waals surface area contributed by atoms with Gasteiger partial charge in [-0.25, -0.2) is 0 Å². The molecule has 16 heavy (non-hydrogen) atoms. The van der Waals surface area contributed by atoms with Crippen LogP contribution in [0, 0.1) is 16.7 Å². The predicted octanol–water partition coefficient (Wildman–Crippen LogP) is 5.50. The van der Waals surface area contributed by atoms with Crippen LogP contribution in [0.1, 0.15) is 61.3 Å². The number of rotatable bonds is 3. The smallest absolute Gasteiger partial charge is 0.00432 e. The van der Waals surface area contributed by atoms with E-state index in [0.717, 1.165) is 5.92 Å². The molecule has 1 aliphatic rings. The van der Waals surface area contributed by atoms with Gasteiger partial charge in [-0.05, 0) is 34.5 Å². The SMILES string of the molecule is CCC1CSC(C(C)(C)C)=C1C(C)(C)CC. The summed E-state index contributed by atoms with van der Waals surface area (Å²) in [5, 5.41) is 0. The van der Waals surface area contributed by atoms with Crippen LogP contribution in [-0.4, -0.2) is 5.75 Å². The normalized spacial score (nSPS) is 23.1. The topological polar surface area (TPSA) is 0 Å². The van der Waals surface area contributed by atoms with Gasteiger partial charge in [0.25, 0.3) is 0 Å². The quantitative estimate of drug-likeness (QED) is 0.628. The Balaban J connectivity index is 3.21. The third kappa shape index (κ3) is 2.67. The summed E-state index contributed by atoms with van der Waals surface area (Å²) < 4.78 is 0. The molecule has 0 aromatic rings. The summed E-state index contributed by atoms with van der Waals surface area (Å²) in [4.78, 5) is 1.67. The monoisotopic (exact) mass is 240 g/mol. The van der Waals surface area contributed by atoms with Crippen molar-refractivity contribution < 1.29 is 0 Å². The van der Waals surface area contributed by atoms with E-state index in [1.54, 1.807) is 10.5 Å². The Morgan fingerprint density at radius 3 is 2.06 bits per heavy atom. The Morgan fingerprint density at radius 1 is 1.12 bits per heavy atom. The molecule has 0 saturated carbocycles. The fourth-order valence-corrected chi connectivity index (χ4v) is 4.32. The van der Waals surface area contributed by atoms with Crippen molar-refractivity contribution >= 4 is 11.8 Å². The lowest BCUT2D eigenvalue weighted by molar-refractivity contribution is 0.368. The molecule has 0 aromatic heterocycles. The van der Waals surface area contributed by atoms with E-state index in [1.165, 1.54) is 18.6 Å². The van der Waals surface area contributed by atoms with Gasteiger partial charge in [0, 0.05) is 5.75 Å². The maximum Gasteiger partial charge on any atom is 0.00432 e. The summed E-state index contributed by atoms with van der Waals surface area (Å²) in [7, 11) is 0. The Morgan fingerprint density at radius 2 is 1.69 bits per heavy atom. The minimum Gasteiger partial charge on any atom is -0.129 e. The number of allylic oxidation sites excluding steroid dienone is 2. The molecular weight excluding hydrogens is 212 g/mol. The molecule has 0 bridgehead atoms. The van der Waals surface area contributed by atoms with E-state index in [4.69, 9.17) is 0 Å². The summed E-state index contributed by atoms with van der Waals surface area (Å²) in [5.74, 6) is 2.12. The van der Waals surface area contributed by atoms with Gasteiger partial charge in [0.15, 0.2) is 0 Å². The van der Waals surface area contributed by atoms with Gasteiger partial charge in [-0.2, -0.15) is 0 Å².